The Morgan fingerprint density at radius 1 is 1.29 bits per heavy atom. The second kappa shape index (κ2) is 6.55. The molecule has 0 amide bonds. The van der Waals surface area contributed by atoms with Crippen LogP contribution in [0.5, 0.6) is 0 Å². The summed E-state index contributed by atoms with van der Waals surface area (Å²) in [6.45, 7) is 15.2. The Hall–Kier alpha value is -0.890. The largest absolute Gasteiger partial charge is 0.254 e. The molecule has 0 aromatic rings. The van der Waals surface area contributed by atoms with Gasteiger partial charge in [0, 0.05) is 10.7 Å². The quantitative estimate of drug-likeness (QED) is 0.683. The van der Waals surface area contributed by atoms with Gasteiger partial charge in [-0.1, -0.05) is 45.7 Å². The zero-order chi connectivity index (χ0) is 11.1. The first kappa shape index (κ1) is 13.1. The number of rotatable bonds is 2. The summed E-state index contributed by atoms with van der Waals surface area (Å²) in [6.07, 6.45) is 4.14. The fourth-order valence-electron chi connectivity index (χ4n) is 1.21. The van der Waals surface area contributed by atoms with Crippen LogP contribution in [0.3, 0.4) is 0 Å². The normalized spacial score (nSPS) is 21.0. The van der Waals surface area contributed by atoms with Crippen molar-refractivity contribution in [3.05, 3.63) is 47.9 Å². The van der Waals surface area contributed by atoms with Crippen molar-refractivity contribution in [2.45, 2.75) is 20.3 Å². The first-order valence-corrected chi connectivity index (χ1v) is 6.08. The fourth-order valence-corrected chi connectivity index (χ4v) is 2.52. The highest BCUT2D eigenvalue weighted by molar-refractivity contribution is 7.89. The predicted molar refractivity (Wildman–Crippen MR) is 65.5 cm³/mol. The molecule has 1 rings (SSSR count). The lowest BCUT2D eigenvalue weighted by Gasteiger charge is -2.16. The zero-order valence-electron chi connectivity index (χ0n) is 9.01. The Labute approximate surface area is 89.4 Å². The molecule has 0 aromatic heterocycles. The van der Waals surface area contributed by atoms with E-state index in [0.29, 0.717) is 5.75 Å². The molecular weight excluding hydrogens is 192 g/mol. The first-order chi connectivity index (χ1) is 6.70. The van der Waals surface area contributed by atoms with E-state index in [1.54, 1.807) is 12.2 Å². The summed E-state index contributed by atoms with van der Waals surface area (Å²) in [5.41, 5.74) is 1.93. The molecule has 14 heavy (non-hydrogen) atoms. The SMILES string of the molecule is C=CC1=C(C=C)S(=O)CCC1=C.CC. The Balaban J connectivity index is 0.000000791. The molecule has 1 heterocycles. The van der Waals surface area contributed by atoms with E-state index in [4.69, 9.17) is 0 Å². The molecule has 0 bridgehead atoms. The van der Waals surface area contributed by atoms with Gasteiger partial charge < -0.3 is 0 Å². The first-order valence-electron chi connectivity index (χ1n) is 4.76. The maximum Gasteiger partial charge on any atom is 0.0538 e. The van der Waals surface area contributed by atoms with Gasteiger partial charge in [-0.25, -0.2) is 0 Å². The molecule has 1 atom stereocenters. The van der Waals surface area contributed by atoms with E-state index in [-0.39, 0.29) is 0 Å². The molecule has 0 fully saturated rings. The molecule has 1 nitrogen and oxygen atoms in total. The van der Waals surface area contributed by atoms with Crippen LogP contribution in [-0.4, -0.2) is 9.96 Å². The summed E-state index contributed by atoms with van der Waals surface area (Å²) >= 11 is 0. The Morgan fingerprint density at radius 2 is 1.86 bits per heavy atom. The van der Waals surface area contributed by atoms with Crippen molar-refractivity contribution in [2.75, 3.05) is 5.75 Å². The maximum atomic E-state index is 11.4. The van der Waals surface area contributed by atoms with Crippen molar-refractivity contribution in [1.82, 2.24) is 0 Å². The Kier molecular flexibility index (Phi) is 6.13. The summed E-state index contributed by atoms with van der Waals surface area (Å²) in [4.78, 5) is 0.779. The van der Waals surface area contributed by atoms with E-state index in [1.807, 2.05) is 13.8 Å². The van der Waals surface area contributed by atoms with Crippen LogP contribution in [0, 0.1) is 0 Å². The van der Waals surface area contributed by atoms with Gasteiger partial charge in [0.05, 0.1) is 10.8 Å². The van der Waals surface area contributed by atoms with Crippen LogP contribution in [0.4, 0.5) is 0 Å². The smallest absolute Gasteiger partial charge is 0.0538 e. The topological polar surface area (TPSA) is 17.1 Å². The third-order valence-electron chi connectivity index (χ3n) is 1.87. The lowest BCUT2D eigenvalue weighted by molar-refractivity contribution is 0.685. The highest BCUT2D eigenvalue weighted by atomic mass is 32.2. The monoisotopic (exact) mass is 210 g/mol. The minimum atomic E-state index is -0.899. The molecule has 1 aliphatic heterocycles. The Morgan fingerprint density at radius 3 is 2.21 bits per heavy atom. The van der Waals surface area contributed by atoms with E-state index < -0.39 is 10.8 Å². The van der Waals surface area contributed by atoms with Crippen molar-refractivity contribution >= 4 is 10.8 Å². The van der Waals surface area contributed by atoms with E-state index >= 15 is 0 Å². The summed E-state index contributed by atoms with van der Waals surface area (Å²) in [5, 5.41) is 0. The highest BCUT2D eigenvalue weighted by Crippen LogP contribution is 2.26. The van der Waals surface area contributed by atoms with Gasteiger partial charge >= 0.3 is 0 Å². The van der Waals surface area contributed by atoms with Crippen molar-refractivity contribution < 1.29 is 4.21 Å². The van der Waals surface area contributed by atoms with Gasteiger partial charge in [-0.3, -0.25) is 4.21 Å². The standard InChI is InChI=1S/C10H12OS.C2H6/c1-4-9-8(3)6-7-12(11)10(9)5-2;1-2/h4-5H,1-3,6-7H2;1-2H3. The van der Waals surface area contributed by atoms with Gasteiger partial charge in [-0.15, -0.1) is 0 Å². The van der Waals surface area contributed by atoms with Gasteiger partial charge in [0.2, 0.25) is 0 Å². The molecule has 0 spiro atoms. The second-order valence-electron chi connectivity index (χ2n) is 2.59. The molecule has 2 heteroatoms. The summed E-state index contributed by atoms with van der Waals surface area (Å²) in [5.74, 6) is 0.664. The van der Waals surface area contributed by atoms with Crippen molar-refractivity contribution in [3.8, 4) is 0 Å². The predicted octanol–water partition coefficient (Wildman–Crippen LogP) is 3.35. The van der Waals surface area contributed by atoms with Gasteiger partial charge in [0.25, 0.3) is 0 Å². The summed E-state index contributed by atoms with van der Waals surface area (Å²) in [7, 11) is -0.899. The van der Waals surface area contributed by atoms with Crippen LogP contribution < -0.4 is 0 Å². The van der Waals surface area contributed by atoms with Crippen molar-refractivity contribution in [1.29, 1.82) is 0 Å². The molecule has 78 valence electrons. The highest BCUT2D eigenvalue weighted by Gasteiger charge is 2.17. The lowest BCUT2D eigenvalue weighted by Crippen LogP contribution is -2.09. The zero-order valence-corrected chi connectivity index (χ0v) is 9.82. The number of hydrogen-bond donors (Lipinski definition) is 0. The van der Waals surface area contributed by atoms with Gasteiger partial charge in [0.1, 0.15) is 0 Å². The maximum absolute atomic E-state index is 11.4. The number of hydrogen-bond acceptors (Lipinski definition) is 1. The average Bonchev–Trinajstić information content (AvgIpc) is 2.24. The van der Waals surface area contributed by atoms with Crippen LogP contribution in [0.1, 0.15) is 20.3 Å². The third kappa shape index (κ3) is 2.81. The van der Waals surface area contributed by atoms with Gasteiger partial charge in [0.15, 0.2) is 0 Å². The molecule has 0 saturated heterocycles. The van der Waals surface area contributed by atoms with Gasteiger partial charge in [-0.05, 0) is 17.6 Å². The average molecular weight is 210 g/mol. The van der Waals surface area contributed by atoms with Gasteiger partial charge in [-0.2, -0.15) is 0 Å². The van der Waals surface area contributed by atoms with E-state index in [0.717, 1.165) is 22.5 Å². The van der Waals surface area contributed by atoms with Crippen LogP contribution in [0.15, 0.2) is 47.9 Å². The Bertz CT molecular complexity index is 267. The van der Waals surface area contributed by atoms with E-state index in [9.17, 15) is 4.21 Å². The van der Waals surface area contributed by atoms with E-state index in [1.165, 1.54) is 0 Å². The molecule has 0 saturated carbocycles. The summed E-state index contributed by atoms with van der Waals surface area (Å²) in [6, 6.07) is 0. The third-order valence-corrected chi connectivity index (χ3v) is 3.32. The second-order valence-corrected chi connectivity index (χ2v) is 4.13. The molecular formula is C12H18OS. The van der Waals surface area contributed by atoms with Crippen LogP contribution >= 0.6 is 0 Å². The lowest BCUT2D eigenvalue weighted by atomic mass is 10.0. The molecule has 0 radical (unpaired) electrons. The molecule has 0 aliphatic carbocycles. The molecule has 0 N–H and O–H groups in total. The van der Waals surface area contributed by atoms with Crippen molar-refractivity contribution in [3.63, 3.8) is 0 Å². The number of allylic oxidation sites excluding steroid dienone is 4. The molecule has 1 unspecified atom stereocenters. The van der Waals surface area contributed by atoms with Crippen molar-refractivity contribution in [2.24, 2.45) is 0 Å². The minimum Gasteiger partial charge on any atom is -0.254 e. The molecule has 0 aromatic carbocycles. The minimum absolute atomic E-state index is 0.664. The van der Waals surface area contributed by atoms with Crippen LogP contribution in [-0.2, 0) is 10.8 Å². The fraction of sp³-hybridized carbons (Fsp3) is 0.333. The van der Waals surface area contributed by atoms with Crippen LogP contribution in [0.2, 0.25) is 0 Å². The van der Waals surface area contributed by atoms with Crippen LogP contribution in [0.25, 0.3) is 0 Å². The summed E-state index contributed by atoms with van der Waals surface area (Å²) < 4.78 is 11.4. The molecule has 1 aliphatic rings. The van der Waals surface area contributed by atoms with E-state index in [2.05, 4.69) is 19.7 Å².